The molecule has 0 aliphatic carbocycles. The maximum absolute atomic E-state index is 12.1. The van der Waals surface area contributed by atoms with E-state index in [1.807, 2.05) is 18.2 Å². The second-order valence-electron chi connectivity index (χ2n) is 7.63. The molecule has 0 bridgehead atoms. The average molecular weight is 378 g/mol. The summed E-state index contributed by atoms with van der Waals surface area (Å²) in [6.07, 6.45) is 10.4. The molecule has 1 aliphatic heterocycles. The Labute approximate surface area is 168 Å². The molecule has 2 aromatic rings. The lowest BCUT2D eigenvalue weighted by Gasteiger charge is -2.36. The Morgan fingerprint density at radius 3 is 2.68 bits per heavy atom. The van der Waals surface area contributed by atoms with Crippen molar-refractivity contribution < 1.29 is 4.79 Å². The average Bonchev–Trinajstić information content (AvgIpc) is 2.75. The lowest BCUT2D eigenvalue weighted by atomic mass is 9.82. The van der Waals surface area contributed by atoms with Crippen LogP contribution >= 0.6 is 0 Å². The molecular formula is C24H31N3O. The monoisotopic (exact) mass is 377 g/mol. The lowest BCUT2D eigenvalue weighted by Crippen LogP contribution is -2.39. The van der Waals surface area contributed by atoms with E-state index in [2.05, 4.69) is 52.5 Å². The molecular weight excluding hydrogens is 346 g/mol. The molecule has 0 spiro atoms. The number of likely N-dealkylation sites (tertiary alicyclic amines) is 1. The number of piperidine rings is 1. The van der Waals surface area contributed by atoms with Crippen molar-refractivity contribution in [3.8, 4) is 0 Å². The third-order valence-electron chi connectivity index (χ3n) is 5.72. The summed E-state index contributed by atoms with van der Waals surface area (Å²) in [7, 11) is 0. The lowest BCUT2D eigenvalue weighted by molar-refractivity contribution is -0.116. The molecule has 2 heterocycles. The molecule has 1 amide bonds. The van der Waals surface area contributed by atoms with E-state index >= 15 is 0 Å². The zero-order chi connectivity index (χ0) is 19.6. The molecule has 0 saturated carbocycles. The topological polar surface area (TPSA) is 45.2 Å². The highest BCUT2D eigenvalue weighted by atomic mass is 16.1. The highest BCUT2D eigenvalue weighted by Gasteiger charge is 2.25. The fourth-order valence-corrected chi connectivity index (χ4v) is 4.01. The van der Waals surface area contributed by atoms with Crippen LogP contribution in [0.5, 0.6) is 0 Å². The molecule has 148 valence electrons. The van der Waals surface area contributed by atoms with Gasteiger partial charge >= 0.3 is 0 Å². The predicted octanol–water partition coefficient (Wildman–Crippen LogP) is 4.15. The van der Waals surface area contributed by atoms with Gasteiger partial charge in [0, 0.05) is 31.6 Å². The van der Waals surface area contributed by atoms with Gasteiger partial charge in [-0.05, 0) is 61.0 Å². The Kier molecular flexibility index (Phi) is 7.80. The van der Waals surface area contributed by atoms with Crippen LogP contribution < -0.4 is 5.32 Å². The number of hydrogen-bond donors (Lipinski definition) is 1. The van der Waals surface area contributed by atoms with Crippen molar-refractivity contribution in [3.05, 3.63) is 72.1 Å². The molecule has 1 atom stereocenters. The van der Waals surface area contributed by atoms with Crippen molar-refractivity contribution in [2.24, 2.45) is 11.8 Å². The maximum atomic E-state index is 12.1. The molecule has 1 aromatic carbocycles. The van der Waals surface area contributed by atoms with Crippen molar-refractivity contribution in [1.82, 2.24) is 15.2 Å². The summed E-state index contributed by atoms with van der Waals surface area (Å²) in [6, 6.07) is 14.5. The van der Waals surface area contributed by atoms with Gasteiger partial charge in [-0.1, -0.05) is 49.7 Å². The molecule has 1 aliphatic rings. The minimum atomic E-state index is -0.0242. The zero-order valence-electron chi connectivity index (χ0n) is 16.8. The van der Waals surface area contributed by atoms with Crippen LogP contribution in [0, 0.1) is 11.8 Å². The molecule has 1 saturated heterocycles. The molecule has 1 fully saturated rings. The first-order valence-electron chi connectivity index (χ1n) is 10.4. The maximum Gasteiger partial charge on any atom is 0.244 e. The molecule has 1 N–H and O–H groups in total. The largest absolute Gasteiger partial charge is 0.352 e. The molecule has 1 aromatic heterocycles. The molecule has 3 rings (SSSR count). The minimum Gasteiger partial charge on any atom is -0.352 e. The molecule has 4 nitrogen and oxygen atoms in total. The number of nitrogens with one attached hydrogen (secondary N) is 1. The summed E-state index contributed by atoms with van der Waals surface area (Å²) >= 11 is 0. The van der Waals surface area contributed by atoms with Gasteiger partial charge in [0.1, 0.15) is 0 Å². The first-order chi connectivity index (χ1) is 13.7. The van der Waals surface area contributed by atoms with Gasteiger partial charge < -0.3 is 5.32 Å². The summed E-state index contributed by atoms with van der Waals surface area (Å²) < 4.78 is 0. The number of benzene rings is 1. The van der Waals surface area contributed by atoms with Crippen LogP contribution in [0.25, 0.3) is 6.08 Å². The predicted molar refractivity (Wildman–Crippen MR) is 115 cm³/mol. The summed E-state index contributed by atoms with van der Waals surface area (Å²) in [5.74, 6) is 1.22. The summed E-state index contributed by atoms with van der Waals surface area (Å²) in [6.45, 7) is 6.32. The van der Waals surface area contributed by atoms with E-state index in [0.717, 1.165) is 38.2 Å². The first kappa shape index (κ1) is 20.3. The number of carbonyl (C=O) groups excluding carboxylic acids is 1. The second-order valence-corrected chi connectivity index (χ2v) is 7.63. The third-order valence-corrected chi connectivity index (χ3v) is 5.72. The number of aromatic nitrogens is 1. The van der Waals surface area contributed by atoms with Crippen LogP contribution in [0.2, 0.25) is 0 Å². The van der Waals surface area contributed by atoms with Gasteiger partial charge in [-0.15, -0.1) is 0 Å². The summed E-state index contributed by atoms with van der Waals surface area (Å²) in [4.78, 5) is 18.8. The first-order valence-corrected chi connectivity index (χ1v) is 10.4. The van der Waals surface area contributed by atoms with E-state index in [9.17, 15) is 4.79 Å². The van der Waals surface area contributed by atoms with Crippen LogP contribution in [0.15, 0.2) is 60.9 Å². The number of rotatable bonds is 8. The van der Waals surface area contributed by atoms with Gasteiger partial charge in [0.05, 0.1) is 0 Å². The Morgan fingerprint density at radius 1 is 1.21 bits per heavy atom. The Bertz CT molecular complexity index is 737. The number of pyridine rings is 1. The van der Waals surface area contributed by atoms with E-state index in [-0.39, 0.29) is 5.91 Å². The van der Waals surface area contributed by atoms with E-state index in [1.54, 1.807) is 18.5 Å². The molecule has 0 radical (unpaired) electrons. The number of amides is 1. The van der Waals surface area contributed by atoms with Crippen LogP contribution in [-0.4, -0.2) is 35.4 Å². The number of hydrogen-bond acceptors (Lipinski definition) is 3. The van der Waals surface area contributed by atoms with Crippen molar-refractivity contribution in [1.29, 1.82) is 0 Å². The molecule has 28 heavy (non-hydrogen) atoms. The van der Waals surface area contributed by atoms with Crippen molar-refractivity contribution in [3.63, 3.8) is 0 Å². The van der Waals surface area contributed by atoms with E-state index in [1.165, 1.54) is 18.4 Å². The second kappa shape index (κ2) is 10.8. The van der Waals surface area contributed by atoms with E-state index < -0.39 is 0 Å². The highest BCUT2D eigenvalue weighted by Crippen LogP contribution is 2.27. The standard InChI is InChI=1S/C24H31N3O/c1-2-22(18-26-24(28)11-10-20-9-6-14-25-17-20)23-12-15-27(16-13-23)19-21-7-4-3-5-8-21/h3-11,14,17,22-23H,2,12-13,15-16,18-19H2,1H3,(H,26,28). The van der Waals surface area contributed by atoms with Crippen molar-refractivity contribution in [2.75, 3.05) is 19.6 Å². The number of carbonyl (C=O) groups is 1. The van der Waals surface area contributed by atoms with Gasteiger partial charge in [0.25, 0.3) is 0 Å². The van der Waals surface area contributed by atoms with Gasteiger partial charge in [0.2, 0.25) is 5.91 Å². The van der Waals surface area contributed by atoms with Crippen molar-refractivity contribution >= 4 is 12.0 Å². The van der Waals surface area contributed by atoms with Crippen LogP contribution in [0.4, 0.5) is 0 Å². The fourth-order valence-electron chi connectivity index (χ4n) is 4.01. The van der Waals surface area contributed by atoms with Gasteiger partial charge in [-0.2, -0.15) is 0 Å². The number of nitrogens with zero attached hydrogens (tertiary/aromatic N) is 2. The molecule has 4 heteroatoms. The van der Waals surface area contributed by atoms with Crippen LogP contribution in [0.1, 0.15) is 37.3 Å². The van der Waals surface area contributed by atoms with E-state index in [4.69, 9.17) is 0 Å². The minimum absolute atomic E-state index is 0.0242. The van der Waals surface area contributed by atoms with Crippen molar-refractivity contribution in [2.45, 2.75) is 32.7 Å². The normalized spacial score (nSPS) is 16.9. The van der Waals surface area contributed by atoms with E-state index in [0.29, 0.717) is 11.8 Å². The third kappa shape index (κ3) is 6.31. The quantitative estimate of drug-likeness (QED) is 0.703. The van der Waals surface area contributed by atoms with Crippen LogP contribution in [-0.2, 0) is 11.3 Å². The molecule has 1 unspecified atom stereocenters. The summed E-state index contributed by atoms with van der Waals surface area (Å²) in [5, 5.41) is 3.09. The smallest absolute Gasteiger partial charge is 0.244 e. The zero-order valence-corrected chi connectivity index (χ0v) is 16.8. The summed E-state index contributed by atoms with van der Waals surface area (Å²) in [5.41, 5.74) is 2.33. The van der Waals surface area contributed by atoms with Gasteiger partial charge in [-0.3, -0.25) is 14.7 Å². The SMILES string of the molecule is CCC(CNC(=O)C=Cc1cccnc1)C1CCN(Cc2ccccc2)CC1. The Balaban J connectivity index is 1.41. The van der Waals surface area contributed by atoms with Gasteiger partial charge in [0.15, 0.2) is 0 Å². The highest BCUT2D eigenvalue weighted by molar-refractivity contribution is 5.91. The Morgan fingerprint density at radius 2 is 2.00 bits per heavy atom. The Hall–Kier alpha value is -2.46. The fraction of sp³-hybridized carbons (Fsp3) is 0.417. The van der Waals surface area contributed by atoms with Gasteiger partial charge in [-0.25, -0.2) is 0 Å². The van der Waals surface area contributed by atoms with Crippen LogP contribution in [0.3, 0.4) is 0 Å².